The van der Waals surface area contributed by atoms with Crippen LogP contribution in [-0.2, 0) is 0 Å². The standard InChI is InChI=1S/C57H35N5S/c1-3-15-36(16-4-1)38-29-31-45-43-21-7-10-25-48(43)61(50(45)34-38)56-58-55(41-20-13-19-40(33-41)42-24-14-28-53-54(42)47-23-9-12-27-52(47)63-53)59-57(60-56)62-49-26-11-8-22-44(49)46-32-30-39(35-51(46)62)37-17-5-2-6-18-37/h1-35H. The van der Waals surface area contributed by atoms with Crippen LogP contribution in [0.1, 0.15) is 0 Å². The molecular formula is C57H35N5S. The van der Waals surface area contributed by atoms with Crippen molar-refractivity contribution in [2.45, 2.75) is 0 Å². The van der Waals surface area contributed by atoms with Gasteiger partial charge in [0, 0.05) is 47.3 Å². The van der Waals surface area contributed by atoms with Gasteiger partial charge in [-0.2, -0.15) is 15.0 Å². The second-order valence-corrected chi connectivity index (χ2v) is 17.1. The summed E-state index contributed by atoms with van der Waals surface area (Å²) in [6, 6.07) is 75.6. The highest BCUT2D eigenvalue weighted by Gasteiger charge is 2.22. The van der Waals surface area contributed by atoms with Crippen molar-refractivity contribution in [1.29, 1.82) is 0 Å². The van der Waals surface area contributed by atoms with Gasteiger partial charge < -0.3 is 0 Å². The van der Waals surface area contributed by atoms with Crippen LogP contribution in [0.4, 0.5) is 0 Å². The maximum Gasteiger partial charge on any atom is 0.240 e. The average molecular weight is 822 g/mol. The Morgan fingerprint density at radius 1 is 0.302 bits per heavy atom. The molecule has 0 fully saturated rings. The number of nitrogens with zero attached hydrogens (tertiary/aromatic N) is 5. The van der Waals surface area contributed by atoms with E-state index in [9.17, 15) is 0 Å². The van der Waals surface area contributed by atoms with E-state index < -0.39 is 0 Å². The fraction of sp³-hybridized carbons (Fsp3) is 0. The Balaban J connectivity index is 1.10. The number of hydrogen-bond acceptors (Lipinski definition) is 4. The van der Waals surface area contributed by atoms with E-state index in [4.69, 9.17) is 15.0 Å². The van der Waals surface area contributed by atoms with Crippen LogP contribution in [-0.4, -0.2) is 24.1 Å². The third-order valence-corrected chi connectivity index (χ3v) is 13.5. The summed E-state index contributed by atoms with van der Waals surface area (Å²) in [4.78, 5) is 16.4. The molecule has 0 unspecified atom stereocenters. The van der Waals surface area contributed by atoms with Gasteiger partial charge in [-0.05, 0) is 75.8 Å². The molecule has 5 nitrogen and oxygen atoms in total. The molecule has 0 aliphatic rings. The quantitative estimate of drug-likeness (QED) is 0.168. The van der Waals surface area contributed by atoms with E-state index >= 15 is 0 Å². The zero-order chi connectivity index (χ0) is 41.4. The number of para-hydroxylation sites is 2. The lowest BCUT2D eigenvalue weighted by molar-refractivity contribution is 0.893. The second kappa shape index (κ2) is 14.2. The van der Waals surface area contributed by atoms with Crippen molar-refractivity contribution in [2.75, 3.05) is 0 Å². The molecule has 0 bridgehead atoms. The molecule has 0 aliphatic carbocycles. The van der Waals surface area contributed by atoms with Crippen molar-refractivity contribution < 1.29 is 0 Å². The lowest BCUT2D eigenvalue weighted by atomic mass is 9.98. The number of fused-ring (bicyclic) bond motifs is 9. The van der Waals surface area contributed by atoms with Crippen molar-refractivity contribution in [3.63, 3.8) is 0 Å². The molecule has 13 rings (SSSR count). The first kappa shape index (κ1) is 35.6. The van der Waals surface area contributed by atoms with Crippen LogP contribution in [0.3, 0.4) is 0 Å². The predicted octanol–water partition coefficient (Wildman–Crippen LogP) is 15.1. The monoisotopic (exact) mass is 821 g/mol. The Labute approximate surface area is 366 Å². The summed E-state index contributed by atoms with van der Waals surface area (Å²) in [6.45, 7) is 0. The number of benzene rings is 9. The second-order valence-electron chi connectivity index (χ2n) is 16.0. The van der Waals surface area contributed by atoms with Crippen molar-refractivity contribution in [2.24, 2.45) is 0 Å². The Morgan fingerprint density at radius 2 is 0.778 bits per heavy atom. The number of thiophene rings is 1. The minimum atomic E-state index is 0.549. The molecule has 0 atom stereocenters. The molecule has 63 heavy (non-hydrogen) atoms. The minimum absolute atomic E-state index is 0.549. The lowest BCUT2D eigenvalue weighted by Crippen LogP contribution is -2.10. The van der Waals surface area contributed by atoms with E-state index in [1.54, 1.807) is 0 Å². The van der Waals surface area contributed by atoms with E-state index in [0.29, 0.717) is 17.7 Å². The Kier molecular flexibility index (Phi) is 8.01. The lowest BCUT2D eigenvalue weighted by Gasteiger charge is -2.14. The van der Waals surface area contributed by atoms with Gasteiger partial charge >= 0.3 is 0 Å². The summed E-state index contributed by atoms with van der Waals surface area (Å²) in [5.74, 6) is 1.69. The SMILES string of the molecule is c1ccc(-c2ccc3c4ccccc4n(-c4nc(-c5cccc(-c6cccc7sc8ccccc8c67)c5)nc(-n5c6ccccc6c6ccc(-c7ccccc7)cc65)n4)c3c2)cc1. The molecule has 4 heterocycles. The van der Waals surface area contributed by atoms with Gasteiger partial charge in [0.05, 0.1) is 22.1 Å². The van der Waals surface area contributed by atoms with E-state index in [2.05, 4.69) is 221 Å². The van der Waals surface area contributed by atoms with Gasteiger partial charge in [-0.3, -0.25) is 9.13 Å². The van der Waals surface area contributed by atoms with E-state index in [-0.39, 0.29) is 0 Å². The maximum atomic E-state index is 5.50. The summed E-state index contributed by atoms with van der Waals surface area (Å²) in [5.41, 5.74) is 11.9. The fourth-order valence-electron chi connectivity index (χ4n) is 9.52. The summed E-state index contributed by atoms with van der Waals surface area (Å²) >= 11 is 1.84. The highest BCUT2D eigenvalue weighted by Crippen LogP contribution is 2.42. The van der Waals surface area contributed by atoms with Crippen LogP contribution >= 0.6 is 11.3 Å². The van der Waals surface area contributed by atoms with Crippen molar-refractivity contribution >= 4 is 75.1 Å². The van der Waals surface area contributed by atoms with Crippen molar-refractivity contribution in [3.05, 3.63) is 212 Å². The molecule has 13 aromatic rings. The van der Waals surface area contributed by atoms with Gasteiger partial charge in [-0.15, -0.1) is 11.3 Å². The Hall–Kier alpha value is -8.19. The number of aromatic nitrogens is 5. The Morgan fingerprint density at radius 3 is 1.40 bits per heavy atom. The summed E-state index contributed by atoms with van der Waals surface area (Å²) < 4.78 is 6.99. The molecular weight excluding hydrogens is 787 g/mol. The van der Waals surface area contributed by atoms with Crippen LogP contribution < -0.4 is 0 Å². The fourth-order valence-corrected chi connectivity index (χ4v) is 10.6. The highest BCUT2D eigenvalue weighted by molar-refractivity contribution is 7.25. The molecule has 6 heteroatoms. The van der Waals surface area contributed by atoms with Crippen LogP contribution in [0.15, 0.2) is 212 Å². The number of rotatable bonds is 6. The van der Waals surface area contributed by atoms with Crippen LogP contribution in [0.5, 0.6) is 0 Å². The van der Waals surface area contributed by atoms with E-state index in [1.165, 1.54) is 25.7 Å². The predicted molar refractivity (Wildman–Crippen MR) is 263 cm³/mol. The molecule has 9 aromatic carbocycles. The maximum absolute atomic E-state index is 5.50. The van der Waals surface area contributed by atoms with Gasteiger partial charge in [0.2, 0.25) is 11.9 Å². The largest absolute Gasteiger partial charge is 0.278 e. The first-order valence-corrected chi connectivity index (χ1v) is 22.0. The van der Waals surface area contributed by atoms with Crippen LogP contribution in [0.2, 0.25) is 0 Å². The van der Waals surface area contributed by atoms with Crippen LogP contribution in [0.25, 0.3) is 120 Å². The third kappa shape index (κ3) is 5.73. The molecule has 0 spiro atoms. The molecule has 0 saturated carbocycles. The molecule has 294 valence electrons. The van der Waals surface area contributed by atoms with Gasteiger partial charge in [0.1, 0.15) is 0 Å². The highest BCUT2D eigenvalue weighted by atomic mass is 32.1. The molecule has 0 amide bonds. The Bertz CT molecular complexity index is 3740. The van der Waals surface area contributed by atoms with Gasteiger partial charge in [-0.1, -0.05) is 170 Å². The molecule has 0 radical (unpaired) electrons. The van der Waals surface area contributed by atoms with Gasteiger partial charge in [0.15, 0.2) is 5.82 Å². The third-order valence-electron chi connectivity index (χ3n) is 12.4. The minimum Gasteiger partial charge on any atom is -0.278 e. The topological polar surface area (TPSA) is 48.5 Å². The summed E-state index contributed by atoms with van der Waals surface area (Å²) in [6.07, 6.45) is 0. The summed E-state index contributed by atoms with van der Waals surface area (Å²) in [5, 5.41) is 7.08. The molecule has 4 aromatic heterocycles. The van der Waals surface area contributed by atoms with E-state index in [0.717, 1.165) is 77.0 Å². The zero-order valence-corrected chi connectivity index (χ0v) is 34.7. The average Bonchev–Trinajstić information content (AvgIpc) is 4.02. The first-order valence-electron chi connectivity index (χ1n) is 21.2. The van der Waals surface area contributed by atoms with E-state index in [1.807, 2.05) is 11.3 Å². The van der Waals surface area contributed by atoms with Crippen molar-refractivity contribution in [3.8, 4) is 56.7 Å². The zero-order valence-electron chi connectivity index (χ0n) is 33.9. The molecule has 0 aliphatic heterocycles. The van der Waals surface area contributed by atoms with Crippen molar-refractivity contribution in [1.82, 2.24) is 24.1 Å². The normalized spacial score (nSPS) is 11.8. The molecule has 0 saturated heterocycles. The smallest absolute Gasteiger partial charge is 0.240 e. The molecule has 0 N–H and O–H groups in total. The van der Waals surface area contributed by atoms with Gasteiger partial charge in [0.25, 0.3) is 0 Å². The first-order chi connectivity index (χ1) is 31.2. The number of hydrogen-bond donors (Lipinski definition) is 0. The summed E-state index contributed by atoms with van der Waals surface area (Å²) in [7, 11) is 0. The van der Waals surface area contributed by atoms with Crippen LogP contribution in [0, 0.1) is 0 Å². The van der Waals surface area contributed by atoms with Gasteiger partial charge in [-0.25, -0.2) is 0 Å².